The standard InChI is InChI=1S/C20H16N4O2/c1-12-16(13(2)25)15(9-8-14-6-4-3-5-7-14)20(11-22)18(26)24-17(23)19(12,20)10-21/h3-9,15H,1-2H3,(H2,23,24,26). The molecule has 1 amide bonds. The van der Waals surface area contributed by atoms with E-state index in [4.69, 9.17) is 5.73 Å². The molecule has 2 N–H and O–H groups in total. The van der Waals surface area contributed by atoms with E-state index in [1.54, 1.807) is 19.1 Å². The number of carbonyl (C=O) groups excluding carboxylic acids is 2. The molecule has 6 nitrogen and oxygen atoms in total. The summed E-state index contributed by atoms with van der Waals surface area (Å²) < 4.78 is 0. The van der Waals surface area contributed by atoms with Crippen molar-refractivity contribution in [2.24, 2.45) is 27.5 Å². The lowest BCUT2D eigenvalue weighted by Crippen LogP contribution is -2.48. The van der Waals surface area contributed by atoms with E-state index in [9.17, 15) is 20.1 Å². The van der Waals surface area contributed by atoms with E-state index in [0.717, 1.165) is 5.56 Å². The Kier molecular flexibility index (Phi) is 3.85. The van der Waals surface area contributed by atoms with Gasteiger partial charge < -0.3 is 5.73 Å². The van der Waals surface area contributed by atoms with Crippen LogP contribution in [0.15, 0.2) is 52.5 Å². The Morgan fingerprint density at radius 3 is 2.46 bits per heavy atom. The summed E-state index contributed by atoms with van der Waals surface area (Å²) in [5.74, 6) is -2.21. The molecule has 3 atom stereocenters. The van der Waals surface area contributed by atoms with Gasteiger partial charge in [-0.15, -0.1) is 0 Å². The fraction of sp³-hybridized carbons (Fsp3) is 0.250. The van der Waals surface area contributed by atoms with Crippen LogP contribution in [0, 0.1) is 39.4 Å². The average Bonchev–Trinajstić information content (AvgIpc) is 2.99. The lowest BCUT2D eigenvalue weighted by Gasteiger charge is -2.31. The predicted molar refractivity (Wildman–Crippen MR) is 95.1 cm³/mol. The van der Waals surface area contributed by atoms with Gasteiger partial charge in [0.15, 0.2) is 16.6 Å². The van der Waals surface area contributed by atoms with Crippen molar-refractivity contribution < 1.29 is 9.59 Å². The van der Waals surface area contributed by atoms with Crippen LogP contribution in [0.3, 0.4) is 0 Å². The quantitative estimate of drug-likeness (QED) is 0.900. The highest BCUT2D eigenvalue weighted by molar-refractivity contribution is 6.17. The second-order valence-electron chi connectivity index (χ2n) is 6.43. The van der Waals surface area contributed by atoms with E-state index in [-0.39, 0.29) is 17.2 Å². The predicted octanol–water partition coefficient (Wildman–Crippen LogP) is 2.15. The van der Waals surface area contributed by atoms with Crippen LogP contribution in [-0.4, -0.2) is 17.5 Å². The molecule has 0 fully saturated rings. The van der Waals surface area contributed by atoms with Crippen LogP contribution in [0.1, 0.15) is 19.4 Å². The molecule has 2 aliphatic rings. The summed E-state index contributed by atoms with van der Waals surface area (Å²) in [7, 11) is 0. The summed E-state index contributed by atoms with van der Waals surface area (Å²) in [4.78, 5) is 28.8. The first-order valence-electron chi connectivity index (χ1n) is 8.03. The SMILES string of the molecule is CC(=O)C1=C(C)C2(C#N)C(N)=NC(=O)C2(C#N)C1C=Cc1ccccc1. The summed E-state index contributed by atoms with van der Waals surface area (Å²) >= 11 is 0. The molecule has 6 heteroatoms. The van der Waals surface area contributed by atoms with Gasteiger partial charge in [-0.1, -0.05) is 42.5 Å². The maximum atomic E-state index is 12.7. The minimum absolute atomic E-state index is 0.224. The number of nitriles is 2. The number of rotatable bonds is 3. The van der Waals surface area contributed by atoms with Crippen LogP contribution in [0.5, 0.6) is 0 Å². The number of nitrogens with zero attached hydrogens (tertiary/aromatic N) is 3. The lowest BCUT2D eigenvalue weighted by molar-refractivity contribution is -0.126. The minimum Gasteiger partial charge on any atom is -0.385 e. The molecule has 0 saturated carbocycles. The molecule has 1 aliphatic carbocycles. The van der Waals surface area contributed by atoms with E-state index in [1.807, 2.05) is 42.5 Å². The number of amides is 1. The lowest BCUT2D eigenvalue weighted by atomic mass is 9.61. The molecular formula is C20H16N4O2. The summed E-state index contributed by atoms with van der Waals surface area (Å²) in [5, 5.41) is 19.9. The smallest absolute Gasteiger partial charge is 0.271 e. The maximum absolute atomic E-state index is 12.7. The number of hydrogen-bond acceptors (Lipinski definition) is 5. The third-order valence-corrected chi connectivity index (χ3v) is 5.28. The zero-order valence-corrected chi connectivity index (χ0v) is 14.4. The molecule has 128 valence electrons. The molecular weight excluding hydrogens is 328 g/mol. The van der Waals surface area contributed by atoms with E-state index < -0.39 is 22.7 Å². The number of aliphatic imine (C=N–C) groups is 1. The van der Waals surface area contributed by atoms with Crippen molar-refractivity contribution in [2.75, 3.05) is 0 Å². The Labute approximate surface area is 150 Å². The molecule has 0 bridgehead atoms. The molecule has 3 unspecified atom stereocenters. The minimum atomic E-state index is -1.86. The first-order valence-corrected chi connectivity index (χ1v) is 8.03. The zero-order chi connectivity index (χ0) is 19.1. The van der Waals surface area contributed by atoms with Gasteiger partial charge in [0.2, 0.25) is 0 Å². The molecule has 3 rings (SSSR count). The van der Waals surface area contributed by atoms with Crippen molar-refractivity contribution in [3.8, 4) is 12.1 Å². The maximum Gasteiger partial charge on any atom is 0.271 e. The van der Waals surface area contributed by atoms with Crippen LogP contribution in [0.2, 0.25) is 0 Å². The topological polar surface area (TPSA) is 120 Å². The number of carbonyl (C=O) groups is 2. The highest BCUT2D eigenvalue weighted by atomic mass is 16.2. The Bertz CT molecular complexity index is 991. The van der Waals surface area contributed by atoms with Crippen LogP contribution >= 0.6 is 0 Å². The van der Waals surface area contributed by atoms with Crippen molar-refractivity contribution in [1.82, 2.24) is 0 Å². The van der Waals surface area contributed by atoms with E-state index in [2.05, 4.69) is 4.99 Å². The number of allylic oxidation sites excluding steroid dienone is 2. The second-order valence-corrected chi connectivity index (χ2v) is 6.43. The van der Waals surface area contributed by atoms with Gasteiger partial charge in [0.05, 0.1) is 12.1 Å². The summed E-state index contributed by atoms with van der Waals surface area (Å²) in [5.41, 5.74) is 3.78. The van der Waals surface area contributed by atoms with Gasteiger partial charge in [0, 0.05) is 11.5 Å². The van der Waals surface area contributed by atoms with Gasteiger partial charge in [-0.05, 0) is 25.0 Å². The summed E-state index contributed by atoms with van der Waals surface area (Å²) in [6.45, 7) is 2.93. The molecule has 0 spiro atoms. The largest absolute Gasteiger partial charge is 0.385 e. The number of hydrogen-bond donors (Lipinski definition) is 1. The number of amidine groups is 1. The van der Waals surface area contributed by atoms with Gasteiger partial charge in [-0.25, -0.2) is 0 Å². The van der Waals surface area contributed by atoms with Crippen LogP contribution in [0.4, 0.5) is 0 Å². The highest BCUT2D eigenvalue weighted by Crippen LogP contribution is 2.62. The fourth-order valence-corrected chi connectivity index (χ4v) is 4.08. The number of ketones is 1. The van der Waals surface area contributed by atoms with Gasteiger partial charge in [-0.3, -0.25) is 9.59 Å². The van der Waals surface area contributed by atoms with Gasteiger partial charge in [0.1, 0.15) is 5.84 Å². The summed E-state index contributed by atoms with van der Waals surface area (Å²) in [6.07, 6.45) is 3.36. The Balaban J connectivity index is 2.28. The molecule has 26 heavy (non-hydrogen) atoms. The molecule has 1 aliphatic heterocycles. The molecule has 1 aromatic rings. The van der Waals surface area contributed by atoms with E-state index >= 15 is 0 Å². The molecule has 0 saturated heterocycles. The van der Waals surface area contributed by atoms with Crippen molar-refractivity contribution in [1.29, 1.82) is 10.5 Å². The second kappa shape index (κ2) is 5.79. The molecule has 1 heterocycles. The first-order chi connectivity index (χ1) is 12.4. The van der Waals surface area contributed by atoms with Crippen LogP contribution < -0.4 is 5.73 Å². The molecule has 0 aromatic heterocycles. The molecule has 1 aromatic carbocycles. The number of benzene rings is 1. The van der Waals surface area contributed by atoms with Gasteiger partial charge in [0.25, 0.3) is 5.91 Å². The third kappa shape index (κ3) is 1.87. The zero-order valence-electron chi connectivity index (χ0n) is 14.4. The van der Waals surface area contributed by atoms with Gasteiger partial charge in [-0.2, -0.15) is 15.5 Å². The number of Topliss-reactive ketones (excluding diaryl/α,β-unsaturated/α-hetero) is 1. The Hall–Kier alpha value is -3.51. The average molecular weight is 344 g/mol. The number of fused-ring (bicyclic) bond motifs is 1. The van der Waals surface area contributed by atoms with Crippen molar-refractivity contribution >= 4 is 23.6 Å². The van der Waals surface area contributed by atoms with Crippen molar-refractivity contribution in [3.63, 3.8) is 0 Å². The first kappa shape index (κ1) is 17.3. The van der Waals surface area contributed by atoms with Crippen LogP contribution in [-0.2, 0) is 9.59 Å². The van der Waals surface area contributed by atoms with Crippen LogP contribution in [0.25, 0.3) is 6.08 Å². The van der Waals surface area contributed by atoms with Crippen molar-refractivity contribution in [2.45, 2.75) is 13.8 Å². The highest BCUT2D eigenvalue weighted by Gasteiger charge is 2.73. The van der Waals surface area contributed by atoms with E-state index in [0.29, 0.717) is 5.57 Å². The van der Waals surface area contributed by atoms with E-state index in [1.165, 1.54) is 6.92 Å². The summed E-state index contributed by atoms with van der Waals surface area (Å²) in [6, 6.07) is 13.3. The Morgan fingerprint density at radius 2 is 1.92 bits per heavy atom. The van der Waals surface area contributed by atoms with Gasteiger partial charge >= 0.3 is 0 Å². The van der Waals surface area contributed by atoms with Crippen molar-refractivity contribution in [3.05, 3.63) is 53.1 Å². The Morgan fingerprint density at radius 1 is 1.27 bits per heavy atom. The molecule has 0 radical (unpaired) electrons. The normalized spacial score (nSPS) is 30.1. The third-order valence-electron chi connectivity index (χ3n) is 5.28. The number of nitrogens with two attached hydrogens (primary N) is 1. The monoisotopic (exact) mass is 344 g/mol. The fourth-order valence-electron chi connectivity index (χ4n) is 4.08.